The smallest absolute Gasteiger partial charge is 0.614 e. The second kappa shape index (κ2) is 26.0. The van der Waals surface area contributed by atoms with Crippen LogP contribution in [0.1, 0.15) is 78.1 Å². The quantitative estimate of drug-likeness (QED) is 0.0934. The average molecular weight is 761 g/mol. The van der Waals surface area contributed by atoms with Gasteiger partial charge in [0.2, 0.25) is 0 Å². The van der Waals surface area contributed by atoms with Crippen molar-refractivity contribution in [3.63, 3.8) is 0 Å². The van der Waals surface area contributed by atoms with Crippen molar-refractivity contribution in [3.05, 3.63) is 82.9 Å². The Balaban J connectivity index is -0.000000823. The average Bonchev–Trinajstić information content (AvgIpc) is 3.26. The number of aromatic nitrogens is 1. The Bertz CT molecular complexity index is 1220. The molecule has 14 heteroatoms. The molecule has 0 fully saturated rings. The van der Waals surface area contributed by atoms with Gasteiger partial charge in [0.05, 0.1) is 22.9 Å². The molecule has 1 aromatic rings. The number of methoxy groups -OCH3 is 1. The van der Waals surface area contributed by atoms with Gasteiger partial charge >= 0.3 is 70.5 Å². The van der Waals surface area contributed by atoms with Crippen molar-refractivity contribution in [3.8, 4) is 0 Å². The zero-order chi connectivity index (χ0) is 37.0. The van der Waals surface area contributed by atoms with E-state index in [2.05, 4.69) is 56.1 Å². The Morgan fingerprint density at radius 2 is 1.65 bits per heavy atom. The van der Waals surface area contributed by atoms with E-state index in [0.717, 1.165) is 55.2 Å². The number of anilines is 1. The van der Waals surface area contributed by atoms with Crippen molar-refractivity contribution >= 4 is 17.9 Å². The molecule has 48 heavy (non-hydrogen) atoms. The number of aryl methyl sites for hydroxylation is 1. The van der Waals surface area contributed by atoms with Gasteiger partial charge < -0.3 is 31.2 Å². The molecule has 1 atom stereocenters. The first kappa shape index (κ1) is 50.4. The number of ether oxygens (including phenoxy) is 1. The number of nitrogens with zero attached hydrogens (tertiary/aromatic N) is 4. The van der Waals surface area contributed by atoms with Gasteiger partial charge in [-0.3, -0.25) is 0 Å². The van der Waals surface area contributed by atoms with Crippen LogP contribution in [-0.4, -0.2) is 61.5 Å². The predicted molar refractivity (Wildman–Crippen MR) is 184 cm³/mol. The number of halogens is 6. The van der Waals surface area contributed by atoms with Crippen LogP contribution in [0.25, 0.3) is 11.9 Å². The normalized spacial score (nSPS) is 13.8. The number of likely N-dealkylation sites (N-methyl/N-ethyl adjacent to an activating group) is 1. The molecule has 1 aliphatic carbocycles. The third-order valence-corrected chi connectivity index (χ3v) is 6.72. The number of nitrogens with one attached hydrogen (secondary N) is 1. The van der Waals surface area contributed by atoms with E-state index in [4.69, 9.17) is 21.3 Å². The van der Waals surface area contributed by atoms with E-state index < -0.39 is 23.5 Å². The van der Waals surface area contributed by atoms with E-state index in [-0.39, 0.29) is 88.3 Å². The van der Waals surface area contributed by atoms with Crippen molar-refractivity contribution in [1.82, 2.24) is 9.88 Å². The van der Waals surface area contributed by atoms with Gasteiger partial charge in [-0.25, -0.2) is 4.98 Å². The van der Waals surface area contributed by atoms with Gasteiger partial charge in [-0.2, -0.15) is 26.3 Å². The van der Waals surface area contributed by atoms with Crippen LogP contribution in [-0.2, 0) is 17.7 Å². The summed E-state index contributed by atoms with van der Waals surface area (Å²) < 4.78 is 79.6. The first-order valence-electron chi connectivity index (χ1n) is 15.4. The molecule has 1 aromatic heterocycles. The SMILES string of the molecule is C/C=C\c1nc(N(CC)CC(CC)OC)c(CN(C)/C(N)=N/[NH-])cc1CC.C=C.CC.CC1=CC(C(F)(F)F)=CC(C(F)(F)F)=CC1.[Rb+]. The van der Waals surface area contributed by atoms with Crippen LogP contribution in [0.4, 0.5) is 32.2 Å². The van der Waals surface area contributed by atoms with Crippen molar-refractivity contribution in [2.75, 3.05) is 32.1 Å². The maximum Gasteiger partial charge on any atom is 1.00 e. The summed E-state index contributed by atoms with van der Waals surface area (Å²) in [6.07, 6.45) is -1.98. The summed E-state index contributed by atoms with van der Waals surface area (Å²) in [7, 11) is 3.59. The van der Waals surface area contributed by atoms with E-state index in [1.54, 1.807) is 12.0 Å². The van der Waals surface area contributed by atoms with Gasteiger partial charge in [0.15, 0.2) is 5.96 Å². The third-order valence-electron chi connectivity index (χ3n) is 6.72. The van der Waals surface area contributed by atoms with E-state index >= 15 is 0 Å². The van der Waals surface area contributed by atoms with Crippen LogP contribution in [0.5, 0.6) is 0 Å². The monoisotopic (exact) mass is 760 g/mol. The minimum atomic E-state index is -4.77. The van der Waals surface area contributed by atoms with Crippen LogP contribution >= 0.6 is 0 Å². The fourth-order valence-corrected chi connectivity index (χ4v) is 4.21. The Morgan fingerprint density at radius 3 is 2.06 bits per heavy atom. The van der Waals surface area contributed by atoms with Gasteiger partial charge in [-0.15, -0.1) is 13.2 Å². The molecule has 0 amide bonds. The van der Waals surface area contributed by atoms with E-state index in [1.165, 1.54) is 12.5 Å². The van der Waals surface area contributed by atoms with Crippen molar-refractivity contribution in [2.45, 2.75) is 92.7 Å². The molecule has 0 spiro atoms. The second-order valence-corrected chi connectivity index (χ2v) is 9.95. The number of rotatable bonds is 10. The number of nitrogens with two attached hydrogens (primary N) is 1. The molecule has 0 aliphatic heterocycles. The predicted octanol–water partition coefficient (Wildman–Crippen LogP) is 6.79. The molecule has 0 radical (unpaired) electrons. The van der Waals surface area contributed by atoms with Gasteiger partial charge in [-0.05, 0) is 63.8 Å². The second-order valence-electron chi connectivity index (χ2n) is 9.95. The van der Waals surface area contributed by atoms with Crippen LogP contribution < -0.4 is 68.8 Å². The maximum atomic E-state index is 12.3. The number of pyridine rings is 1. The largest absolute Gasteiger partial charge is 1.00 e. The van der Waals surface area contributed by atoms with Gasteiger partial charge in [0.25, 0.3) is 0 Å². The number of alkyl halides is 6. The molecule has 1 heterocycles. The Kier molecular flexibility index (Phi) is 27.3. The molecule has 0 bridgehead atoms. The van der Waals surface area contributed by atoms with Crippen LogP contribution in [0.15, 0.2) is 65.3 Å². The van der Waals surface area contributed by atoms with Crippen molar-refractivity contribution in [1.29, 1.82) is 0 Å². The number of hydrogen-bond acceptors (Lipinski definition) is 4. The Morgan fingerprint density at radius 1 is 1.08 bits per heavy atom. The summed E-state index contributed by atoms with van der Waals surface area (Å²) in [4.78, 5) is 9.01. The van der Waals surface area contributed by atoms with Crippen LogP contribution in [0.3, 0.4) is 0 Å². The molecular weight excluding hydrogens is 708 g/mol. The summed E-state index contributed by atoms with van der Waals surface area (Å²) in [6, 6.07) is 2.20. The summed E-state index contributed by atoms with van der Waals surface area (Å²) in [5, 5.41) is 3.35. The molecule has 3 N–H and O–H groups in total. The minimum absolute atomic E-state index is 0. The summed E-state index contributed by atoms with van der Waals surface area (Å²) in [5.41, 5.74) is 6.78. The minimum Gasteiger partial charge on any atom is -0.614 e. The maximum absolute atomic E-state index is 12.3. The molecule has 0 saturated heterocycles. The van der Waals surface area contributed by atoms with Crippen LogP contribution in [0.2, 0.25) is 0 Å². The molecule has 1 aliphatic rings. The molecule has 268 valence electrons. The number of hydrogen-bond donors (Lipinski definition) is 1. The fourth-order valence-electron chi connectivity index (χ4n) is 4.21. The fraction of sp³-hybridized carbons (Fsp3) is 0.529. The topological polar surface area (TPSA) is 90.8 Å². The summed E-state index contributed by atoms with van der Waals surface area (Å²) in [6.45, 7) is 21.9. The molecular formula is C34H53F6N6ORb. The Hall–Kier alpha value is -1.93. The third kappa shape index (κ3) is 17.6. The van der Waals surface area contributed by atoms with E-state index in [0.29, 0.717) is 6.54 Å². The first-order valence-corrected chi connectivity index (χ1v) is 15.4. The molecule has 0 aromatic carbocycles. The van der Waals surface area contributed by atoms with E-state index in [1.807, 2.05) is 33.9 Å². The number of allylic oxidation sites excluding steroid dienone is 7. The zero-order valence-corrected chi connectivity index (χ0v) is 35.2. The number of guanidine groups is 1. The van der Waals surface area contributed by atoms with Gasteiger partial charge in [0.1, 0.15) is 5.82 Å². The summed E-state index contributed by atoms with van der Waals surface area (Å²) in [5.74, 6) is 8.28. The Labute approximate surface area is 332 Å². The van der Waals surface area contributed by atoms with Crippen molar-refractivity contribution in [2.24, 2.45) is 10.8 Å². The molecule has 2 rings (SSSR count). The molecule has 1 unspecified atom stereocenters. The van der Waals surface area contributed by atoms with E-state index in [9.17, 15) is 26.3 Å². The molecule has 7 nitrogen and oxygen atoms in total. The standard InChI is InChI=1S/C20H35N6O.C10H8F6.C2H6.C2H4.Rb/c1-7-11-18-15(8-2)12-16(13-25(5)20(21)24-22)19(23-18)26(10-4)14-17(9-3)27-6;1-6-2-3-7(9(11,12)13)5-8(4-6)10(14,15)16;2*1-2;/h7,11-12,17,22H,8-10,13-14H2,1-6H3,(H2,21,24);3-5H,2H2,1H3;1-2H3;1-2H2;/q-1;;;;+1/b11-7-;;;;. The first-order chi connectivity index (χ1) is 22.1. The summed E-state index contributed by atoms with van der Waals surface area (Å²) >= 11 is 0. The van der Waals surface area contributed by atoms with Gasteiger partial charge in [0, 0.05) is 39.4 Å². The zero-order valence-electron chi connectivity index (χ0n) is 30.2. The van der Waals surface area contributed by atoms with Gasteiger partial charge in [-0.1, -0.05) is 51.5 Å². The van der Waals surface area contributed by atoms with Crippen LogP contribution in [0, 0.1) is 0 Å². The molecule has 0 saturated carbocycles. The van der Waals surface area contributed by atoms with Crippen molar-refractivity contribution < 1.29 is 89.3 Å².